The molecule has 2 unspecified atom stereocenters. The van der Waals surface area contributed by atoms with Crippen LogP contribution in [0.15, 0.2) is 18.2 Å². The lowest BCUT2D eigenvalue weighted by Gasteiger charge is -2.23. The molecule has 1 aromatic carbocycles. The molecular weight excluding hydrogens is 256 g/mol. The van der Waals surface area contributed by atoms with E-state index >= 15 is 0 Å². The van der Waals surface area contributed by atoms with Crippen molar-refractivity contribution in [2.45, 2.75) is 32.6 Å². The van der Waals surface area contributed by atoms with Gasteiger partial charge in [0.2, 0.25) is 0 Å². The van der Waals surface area contributed by atoms with E-state index in [2.05, 4.69) is 4.74 Å². The Hall–Kier alpha value is -1.40. The topological polar surface area (TPSA) is 64.7 Å². The van der Waals surface area contributed by atoms with Crippen LogP contribution in [-0.4, -0.2) is 24.9 Å². The van der Waals surface area contributed by atoms with Crippen molar-refractivity contribution < 1.29 is 23.4 Å². The van der Waals surface area contributed by atoms with Gasteiger partial charge in [-0.1, -0.05) is 19.9 Å². The van der Waals surface area contributed by atoms with Gasteiger partial charge in [-0.05, 0) is 23.6 Å². The smallest absolute Gasteiger partial charge is 0.387 e. The first-order valence-electron chi connectivity index (χ1n) is 5.93. The third kappa shape index (κ3) is 4.04. The third-order valence-electron chi connectivity index (χ3n) is 2.88. The fourth-order valence-electron chi connectivity index (χ4n) is 1.65. The Morgan fingerprint density at radius 2 is 1.84 bits per heavy atom. The van der Waals surface area contributed by atoms with Crippen LogP contribution in [-0.2, 0) is 0 Å². The predicted octanol–water partition coefficient (Wildman–Crippen LogP) is 2.31. The van der Waals surface area contributed by atoms with E-state index in [1.807, 2.05) is 13.8 Å². The second-order valence-corrected chi connectivity index (χ2v) is 4.56. The van der Waals surface area contributed by atoms with Crippen LogP contribution in [0.3, 0.4) is 0 Å². The van der Waals surface area contributed by atoms with E-state index in [9.17, 15) is 13.9 Å². The first kappa shape index (κ1) is 15.7. The van der Waals surface area contributed by atoms with Gasteiger partial charge in [0.1, 0.15) is 0 Å². The summed E-state index contributed by atoms with van der Waals surface area (Å²) in [4.78, 5) is 0. The molecule has 0 aliphatic heterocycles. The number of ether oxygens (including phenoxy) is 2. The number of benzene rings is 1. The Kier molecular flexibility index (Phi) is 5.50. The van der Waals surface area contributed by atoms with Crippen molar-refractivity contribution in [2.24, 2.45) is 11.7 Å². The van der Waals surface area contributed by atoms with Crippen LogP contribution in [0, 0.1) is 5.92 Å². The summed E-state index contributed by atoms with van der Waals surface area (Å²) < 4.78 is 33.9. The Morgan fingerprint density at radius 1 is 1.21 bits per heavy atom. The monoisotopic (exact) mass is 275 g/mol. The van der Waals surface area contributed by atoms with Crippen LogP contribution in [0.1, 0.15) is 25.5 Å². The van der Waals surface area contributed by atoms with Gasteiger partial charge in [-0.25, -0.2) is 0 Å². The normalized spacial score (nSPS) is 14.6. The minimum atomic E-state index is -2.96. The Balaban J connectivity index is 3.03. The van der Waals surface area contributed by atoms with Crippen LogP contribution < -0.4 is 15.2 Å². The molecule has 1 aromatic rings. The summed E-state index contributed by atoms with van der Waals surface area (Å²) in [7, 11) is 1.35. The zero-order valence-corrected chi connectivity index (χ0v) is 11.1. The Labute approximate surface area is 111 Å². The van der Waals surface area contributed by atoms with Gasteiger partial charge in [0.05, 0.1) is 13.2 Å². The van der Waals surface area contributed by atoms with Gasteiger partial charge in [0, 0.05) is 6.04 Å². The number of nitrogens with two attached hydrogens (primary N) is 1. The first-order valence-corrected chi connectivity index (χ1v) is 5.93. The highest BCUT2D eigenvalue weighted by atomic mass is 19.3. The number of rotatable bonds is 6. The molecule has 0 radical (unpaired) electrons. The Morgan fingerprint density at radius 3 is 2.32 bits per heavy atom. The average molecular weight is 275 g/mol. The number of halogens is 2. The van der Waals surface area contributed by atoms with Crippen molar-refractivity contribution in [1.29, 1.82) is 0 Å². The van der Waals surface area contributed by atoms with Gasteiger partial charge in [0.25, 0.3) is 0 Å². The van der Waals surface area contributed by atoms with E-state index < -0.39 is 18.8 Å². The van der Waals surface area contributed by atoms with Crippen molar-refractivity contribution in [2.75, 3.05) is 7.11 Å². The molecule has 0 heterocycles. The number of hydrogen-bond donors (Lipinski definition) is 2. The number of methoxy groups -OCH3 is 1. The lowest BCUT2D eigenvalue weighted by Crippen LogP contribution is -2.33. The maximum atomic E-state index is 12.3. The molecule has 108 valence electrons. The summed E-state index contributed by atoms with van der Waals surface area (Å²) in [5.41, 5.74) is 6.26. The van der Waals surface area contributed by atoms with E-state index in [-0.39, 0.29) is 17.4 Å². The fourth-order valence-corrected chi connectivity index (χ4v) is 1.65. The summed E-state index contributed by atoms with van der Waals surface area (Å²) in [6.07, 6.45) is -0.953. The zero-order valence-electron chi connectivity index (χ0n) is 11.1. The first-order chi connectivity index (χ1) is 8.86. The van der Waals surface area contributed by atoms with Crippen molar-refractivity contribution in [1.82, 2.24) is 0 Å². The molecule has 4 nitrogen and oxygen atoms in total. The largest absolute Gasteiger partial charge is 0.493 e. The van der Waals surface area contributed by atoms with E-state index in [1.54, 1.807) is 6.07 Å². The van der Waals surface area contributed by atoms with Gasteiger partial charge in [-0.3, -0.25) is 0 Å². The molecule has 1 rings (SSSR count). The molecule has 0 amide bonds. The standard InChI is InChI=1S/C13H19F2NO3/c1-7(2)11(16)12(17)8-4-5-9(18-3)10(6-8)19-13(14)15/h4-7,11-13,17H,16H2,1-3H3. The molecule has 0 bridgehead atoms. The van der Waals surface area contributed by atoms with Gasteiger partial charge in [-0.2, -0.15) is 8.78 Å². The van der Waals surface area contributed by atoms with Crippen molar-refractivity contribution in [3.8, 4) is 11.5 Å². The third-order valence-corrected chi connectivity index (χ3v) is 2.88. The summed E-state index contributed by atoms with van der Waals surface area (Å²) in [5, 5.41) is 10.1. The molecule has 0 fully saturated rings. The molecule has 19 heavy (non-hydrogen) atoms. The van der Waals surface area contributed by atoms with E-state index in [1.165, 1.54) is 19.2 Å². The summed E-state index contributed by atoms with van der Waals surface area (Å²) >= 11 is 0. The van der Waals surface area contributed by atoms with Crippen molar-refractivity contribution in [3.05, 3.63) is 23.8 Å². The van der Waals surface area contributed by atoms with Crippen LogP contribution in [0.2, 0.25) is 0 Å². The van der Waals surface area contributed by atoms with Crippen molar-refractivity contribution in [3.63, 3.8) is 0 Å². The second kappa shape index (κ2) is 6.68. The zero-order chi connectivity index (χ0) is 14.6. The fraction of sp³-hybridized carbons (Fsp3) is 0.538. The van der Waals surface area contributed by atoms with E-state index in [0.717, 1.165) is 0 Å². The average Bonchev–Trinajstić information content (AvgIpc) is 2.36. The van der Waals surface area contributed by atoms with Crippen LogP contribution in [0.5, 0.6) is 11.5 Å². The molecule has 0 aliphatic carbocycles. The summed E-state index contributed by atoms with van der Waals surface area (Å²) in [6.45, 7) is 0.780. The predicted molar refractivity (Wildman–Crippen MR) is 67.4 cm³/mol. The Bertz CT molecular complexity index is 413. The minimum Gasteiger partial charge on any atom is -0.493 e. The van der Waals surface area contributed by atoms with Gasteiger partial charge >= 0.3 is 6.61 Å². The van der Waals surface area contributed by atoms with Crippen molar-refractivity contribution >= 4 is 0 Å². The van der Waals surface area contributed by atoms with Crippen LogP contribution in [0.25, 0.3) is 0 Å². The quantitative estimate of drug-likeness (QED) is 0.836. The van der Waals surface area contributed by atoms with Crippen LogP contribution >= 0.6 is 0 Å². The van der Waals surface area contributed by atoms with E-state index in [4.69, 9.17) is 10.5 Å². The minimum absolute atomic E-state index is 0.0524. The maximum absolute atomic E-state index is 12.3. The SMILES string of the molecule is COc1ccc(C(O)C(N)C(C)C)cc1OC(F)F. The summed E-state index contributed by atoms with van der Waals surface area (Å²) in [5.74, 6) is 0.107. The number of aliphatic hydroxyl groups is 1. The molecule has 0 spiro atoms. The second-order valence-electron chi connectivity index (χ2n) is 4.56. The van der Waals surface area contributed by atoms with Gasteiger partial charge < -0.3 is 20.3 Å². The van der Waals surface area contributed by atoms with E-state index in [0.29, 0.717) is 5.56 Å². The maximum Gasteiger partial charge on any atom is 0.387 e. The molecule has 0 aromatic heterocycles. The van der Waals surface area contributed by atoms with Gasteiger partial charge in [-0.15, -0.1) is 0 Å². The number of aliphatic hydroxyl groups excluding tert-OH is 1. The highest BCUT2D eigenvalue weighted by Gasteiger charge is 2.22. The van der Waals surface area contributed by atoms with Gasteiger partial charge in [0.15, 0.2) is 11.5 Å². The number of alkyl halides is 2. The molecule has 0 aliphatic rings. The molecule has 0 saturated heterocycles. The lowest BCUT2D eigenvalue weighted by atomic mass is 9.94. The number of hydrogen-bond acceptors (Lipinski definition) is 4. The lowest BCUT2D eigenvalue weighted by molar-refractivity contribution is -0.0513. The molecule has 3 N–H and O–H groups in total. The highest BCUT2D eigenvalue weighted by Crippen LogP contribution is 2.32. The molecule has 0 saturated carbocycles. The summed E-state index contributed by atoms with van der Waals surface area (Å²) in [6, 6.07) is 3.86. The molecule has 2 atom stereocenters. The highest BCUT2D eigenvalue weighted by molar-refractivity contribution is 5.43. The molecular formula is C13H19F2NO3. The van der Waals surface area contributed by atoms with Crippen LogP contribution in [0.4, 0.5) is 8.78 Å². The molecule has 6 heteroatoms.